The van der Waals surface area contributed by atoms with Crippen LogP contribution in [0.4, 0.5) is 4.39 Å². The van der Waals surface area contributed by atoms with E-state index in [1.807, 2.05) is 19.1 Å². The van der Waals surface area contributed by atoms with Crippen molar-refractivity contribution in [1.29, 1.82) is 0 Å². The highest BCUT2D eigenvalue weighted by molar-refractivity contribution is 9.10. The van der Waals surface area contributed by atoms with Gasteiger partial charge in [-0.15, -0.1) is 0 Å². The molecule has 2 aromatic rings. The molecule has 0 aliphatic heterocycles. The standard InChI is InChI=1S/C16H15BrCl2FN/c1-2-21-15(12-9-11(20)6-7-13(12)17)8-10-4-3-5-14(18)16(10)19/h3-7,9,15,21H,2,8H2,1H3. The van der Waals surface area contributed by atoms with Crippen molar-refractivity contribution in [2.24, 2.45) is 0 Å². The lowest BCUT2D eigenvalue weighted by atomic mass is 9.98. The van der Waals surface area contributed by atoms with Crippen molar-refractivity contribution in [3.63, 3.8) is 0 Å². The number of rotatable bonds is 5. The molecule has 0 saturated carbocycles. The van der Waals surface area contributed by atoms with Crippen molar-refractivity contribution in [2.45, 2.75) is 19.4 Å². The Labute approximate surface area is 142 Å². The summed E-state index contributed by atoms with van der Waals surface area (Å²) >= 11 is 15.8. The molecule has 1 N–H and O–H groups in total. The van der Waals surface area contributed by atoms with E-state index in [9.17, 15) is 4.39 Å². The van der Waals surface area contributed by atoms with E-state index in [1.54, 1.807) is 12.1 Å². The summed E-state index contributed by atoms with van der Waals surface area (Å²) in [7, 11) is 0. The Kier molecular flexibility index (Phi) is 6.06. The maximum atomic E-state index is 13.5. The molecule has 21 heavy (non-hydrogen) atoms. The highest BCUT2D eigenvalue weighted by atomic mass is 79.9. The topological polar surface area (TPSA) is 12.0 Å². The van der Waals surface area contributed by atoms with Crippen LogP contribution in [0.25, 0.3) is 0 Å². The maximum absolute atomic E-state index is 13.5. The number of hydrogen-bond donors (Lipinski definition) is 1. The number of likely N-dealkylation sites (N-methyl/N-ethyl adjacent to an activating group) is 1. The molecule has 0 radical (unpaired) electrons. The molecule has 0 spiro atoms. The molecule has 0 amide bonds. The zero-order valence-electron chi connectivity index (χ0n) is 11.5. The van der Waals surface area contributed by atoms with Gasteiger partial charge in [0.05, 0.1) is 10.0 Å². The van der Waals surface area contributed by atoms with Crippen molar-refractivity contribution in [3.05, 3.63) is 67.9 Å². The Morgan fingerprint density at radius 2 is 2.00 bits per heavy atom. The van der Waals surface area contributed by atoms with Gasteiger partial charge in [-0.3, -0.25) is 0 Å². The first kappa shape index (κ1) is 16.8. The number of halogens is 4. The van der Waals surface area contributed by atoms with Crippen LogP contribution in [0.15, 0.2) is 40.9 Å². The van der Waals surface area contributed by atoms with Crippen LogP contribution in [-0.2, 0) is 6.42 Å². The minimum atomic E-state index is -0.256. The largest absolute Gasteiger partial charge is 0.310 e. The van der Waals surface area contributed by atoms with Gasteiger partial charge in [0.15, 0.2) is 0 Å². The van der Waals surface area contributed by atoms with Gasteiger partial charge >= 0.3 is 0 Å². The molecule has 0 aliphatic rings. The average Bonchev–Trinajstić information content (AvgIpc) is 2.46. The molecule has 1 atom stereocenters. The molecule has 112 valence electrons. The minimum Gasteiger partial charge on any atom is -0.310 e. The lowest BCUT2D eigenvalue weighted by molar-refractivity contribution is 0.540. The second kappa shape index (κ2) is 7.59. The zero-order valence-corrected chi connectivity index (χ0v) is 14.6. The van der Waals surface area contributed by atoms with Crippen molar-refractivity contribution in [1.82, 2.24) is 5.32 Å². The van der Waals surface area contributed by atoms with Gasteiger partial charge in [-0.05, 0) is 48.4 Å². The maximum Gasteiger partial charge on any atom is 0.123 e. The fourth-order valence-corrected chi connectivity index (χ4v) is 3.17. The number of benzene rings is 2. The fraction of sp³-hybridized carbons (Fsp3) is 0.250. The zero-order chi connectivity index (χ0) is 15.4. The van der Waals surface area contributed by atoms with Gasteiger partial charge in [-0.2, -0.15) is 0 Å². The van der Waals surface area contributed by atoms with E-state index in [2.05, 4.69) is 21.2 Å². The van der Waals surface area contributed by atoms with Crippen LogP contribution in [0.3, 0.4) is 0 Å². The van der Waals surface area contributed by atoms with Gasteiger partial charge in [0, 0.05) is 10.5 Å². The van der Waals surface area contributed by atoms with Crippen molar-refractivity contribution in [3.8, 4) is 0 Å². The quantitative estimate of drug-likeness (QED) is 0.681. The van der Waals surface area contributed by atoms with Crippen LogP contribution in [0.5, 0.6) is 0 Å². The molecule has 0 bridgehead atoms. The van der Waals surface area contributed by atoms with Crippen LogP contribution < -0.4 is 5.32 Å². The molecule has 0 heterocycles. The SMILES string of the molecule is CCNC(Cc1cccc(Cl)c1Cl)c1cc(F)ccc1Br. The summed E-state index contributed by atoms with van der Waals surface area (Å²) in [5.41, 5.74) is 1.80. The van der Waals surface area contributed by atoms with Gasteiger partial charge in [-0.25, -0.2) is 4.39 Å². The van der Waals surface area contributed by atoms with E-state index >= 15 is 0 Å². The van der Waals surface area contributed by atoms with Crippen LogP contribution >= 0.6 is 39.1 Å². The van der Waals surface area contributed by atoms with E-state index in [0.717, 1.165) is 22.1 Å². The Bertz CT molecular complexity index is 634. The molecule has 0 aromatic heterocycles. The third-order valence-corrected chi connectivity index (χ3v) is 4.82. The molecular weight excluding hydrogens is 376 g/mol. The van der Waals surface area contributed by atoms with E-state index in [0.29, 0.717) is 16.5 Å². The lowest BCUT2D eigenvalue weighted by Crippen LogP contribution is -2.23. The van der Waals surface area contributed by atoms with Gasteiger partial charge in [-0.1, -0.05) is 58.2 Å². The molecule has 1 nitrogen and oxygen atoms in total. The third-order valence-electron chi connectivity index (χ3n) is 3.24. The highest BCUT2D eigenvalue weighted by Gasteiger charge is 2.17. The Balaban J connectivity index is 2.35. The van der Waals surface area contributed by atoms with Crippen molar-refractivity contribution >= 4 is 39.1 Å². The van der Waals surface area contributed by atoms with Gasteiger partial charge in [0.25, 0.3) is 0 Å². The summed E-state index contributed by atoms with van der Waals surface area (Å²) in [6.07, 6.45) is 0.634. The van der Waals surface area contributed by atoms with Crippen LogP contribution in [0.2, 0.25) is 10.0 Å². The van der Waals surface area contributed by atoms with Crippen LogP contribution in [-0.4, -0.2) is 6.54 Å². The molecule has 2 rings (SSSR count). The predicted octanol–water partition coefficient (Wildman–Crippen LogP) is 5.79. The van der Waals surface area contributed by atoms with Crippen LogP contribution in [0, 0.1) is 5.82 Å². The van der Waals surface area contributed by atoms with Crippen molar-refractivity contribution in [2.75, 3.05) is 6.54 Å². The normalized spacial score (nSPS) is 12.4. The molecule has 5 heteroatoms. The molecule has 0 saturated heterocycles. The van der Waals surface area contributed by atoms with Gasteiger partial charge < -0.3 is 5.32 Å². The number of nitrogens with one attached hydrogen (secondary N) is 1. The fourth-order valence-electron chi connectivity index (χ4n) is 2.25. The third kappa shape index (κ3) is 4.19. The monoisotopic (exact) mass is 389 g/mol. The first-order valence-electron chi connectivity index (χ1n) is 6.64. The summed E-state index contributed by atoms with van der Waals surface area (Å²) in [6, 6.07) is 10.2. The summed E-state index contributed by atoms with van der Waals surface area (Å²) < 4.78 is 14.4. The van der Waals surface area contributed by atoms with Crippen LogP contribution in [0.1, 0.15) is 24.1 Å². The molecule has 1 unspecified atom stereocenters. The first-order chi connectivity index (χ1) is 10.0. The Hall–Kier alpha value is -0.610. The van der Waals surface area contributed by atoms with Gasteiger partial charge in [0.1, 0.15) is 5.82 Å². The second-order valence-electron chi connectivity index (χ2n) is 4.69. The first-order valence-corrected chi connectivity index (χ1v) is 8.19. The highest BCUT2D eigenvalue weighted by Crippen LogP contribution is 2.32. The van der Waals surface area contributed by atoms with E-state index < -0.39 is 0 Å². The molecular formula is C16H15BrCl2FN. The van der Waals surface area contributed by atoms with E-state index in [-0.39, 0.29) is 11.9 Å². The van der Waals surface area contributed by atoms with E-state index in [1.165, 1.54) is 12.1 Å². The summed E-state index contributed by atoms with van der Waals surface area (Å²) in [4.78, 5) is 0. The second-order valence-corrected chi connectivity index (χ2v) is 6.33. The molecule has 0 aliphatic carbocycles. The molecule has 2 aromatic carbocycles. The number of hydrogen-bond acceptors (Lipinski definition) is 1. The average molecular weight is 391 g/mol. The summed E-state index contributed by atoms with van der Waals surface area (Å²) in [5, 5.41) is 4.44. The van der Waals surface area contributed by atoms with Crippen molar-refractivity contribution < 1.29 is 4.39 Å². The predicted molar refractivity (Wildman–Crippen MR) is 90.7 cm³/mol. The van der Waals surface area contributed by atoms with Gasteiger partial charge in [0.2, 0.25) is 0 Å². The summed E-state index contributed by atoms with van der Waals surface area (Å²) in [5.74, 6) is -0.256. The Morgan fingerprint density at radius 3 is 2.71 bits per heavy atom. The lowest BCUT2D eigenvalue weighted by Gasteiger charge is -2.21. The molecule has 0 fully saturated rings. The smallest absolute Gasteiger partial charge is 0.123 e. The summed E-state index contributed by atoms with van der Waals surface area (Å²) in [6.45, 7) is 2.78. The Morgan fingerprint density at radius 1 is 1.24 bits per heavy atom. The minimum absolute atomic E-state index is 0.0453. The van der Waals surface area contributed by atoms with E-state index in [4.69, 9.17) is 23.2 Å².